The average Bonchev–Trinajstić information content (AvgIpc) is 2.90. The number of Topliss-reactive ketones (excluding diaryl/α,β-unsaturated/α-hetero) is 1. The van der Waals surface area contributed by atoms with Gasteiger partial charge in [-0.25, -0.2) is 4.39 Å². The van der Waals surface area contributed by atoms with E-state index in [4.69, 9.17) is 0 Å². The molecule has 0 radical (unpaired) electrons. The van der Waals surface area contributed by atoms with Crippen LogP contribution in [0.5, 0.6) is 0 Å². The molecule has 0 spiro atoms. The van der Waals surface area contributed by atoms with Gasteiger partial charge < -0.3 is 10.3 Å². The predicted molar refractivity (Wildman–Crippen MR) is 77.6 cm³/mol. The Hall–Kier alpha value is -2.17. The van der Waals surface area contributed by atoms with E-state index in [0.717, 1.165) is 25.7 Å². The van der Waals surface area contributed by atoms with E-state index in [1.165, 1.54) is 24.8 Å². The smallest absolute Gasteiger partial charge is 0.292 e. The third-order valence-corrected chi connectivity index (χ3v) is 4.04. The fourth-order valence-electron chi connectivity index (χ4n) is 2.90. The summed E-state index contributed by atoms with van der Waals surface area (Å²) >= 11 is 0. The Morgan fingerprint density at radius 3 is 2.71 bits per heavy atom. The van der Waals surface area contributed by atoms with Gasteiger partial charge in [-0.1, -0.05) is 19.3 Å². The third-order valence-electron chi connectivity index (χ3n) is 4.04. The zero-order chi connectivity index (χ0) is 14.8. The lowest BCUT2D eigenvalue weighted by atomic mass is 9.95. The van der Waals surface area contributed by atoms with Gasteiger partial charge in [-0.3, -0.25) is 9.59 Å². The second kappa shape index (κ2) is 5.68. The highest BCUT2D eigenvalue weighted by molar-refractivity contribution is 6.45. The molecule has 0 saturated heterocycles. The van der Waals surface area contributed by atoms with Crippen LogP contribution >= 0.6 is 0 Å². The van der Waals surface area contributed by atoms with E-state index >= 15 is 0 Å². The molecule has 1 heterocycles. The number of hydrogen-bond donors (Lipinski definition) is 2. The Bertz CT molecular complexity index is 687. The maximum absolute atomic E-state index is 13.3. The molecule has 3 rings (SSSR count). The van der Waals surface area contributed by atoms with Crippen LogP contribution in [0.3, 0.4) is 0 Å². The number of rotatable bonds is 3. The van der Waals surface area contributed by atoms with Crippen LogP contribution in [-0.2, 0) is 4.79 Å². The van der Waals surface area contributed by atoms with Gasteiger partial charge in [0.05, 0.1) is 5.56 Å². The van der Waals surface area contributed by atoms with E-state index in [1.54, 1.807) is 6.07 Å². The number of hydrogen-bond acceptors (Lipinski definition) is 2. The largest absolute Gasteiger partial charge is 0.360 e. The molecule has 1 aliphatic rings. The second-order valence-corrected chi connectivity index (χ2v) is 5.53. The first kappa shape index (κ1) is 13.8. The predicted octanol–water partition coefficient (Wildman–Crippen LogP) is 2.94. The number of aromatic nitrogens is 1. The molecule has 0 unspecified atom stereocenters. The lowest BCUT2D eigenvalue weighted by molar-refractivity contribution is -0.117. The van der Waals surface area contributed by atoms with Gasteiger partial charge in [0.15, 0.2) is 0 Å². The standard InChI is InChI=1S/C16H17FN2O2/c17-10-6-7-14-12(8-10)13(9-18-14)15(20)16(21)19-11-4-2-1-3-5-11/h6-9,11,18H,1-5H2,(H,19,21). The average molecular weight is 288 g/mol. The number of amides is 1. The normalized spacial score (nSPS) is 16.0. The first-order valence-electron chi connectivity index (χ1n) is 7.27. The molecule has 2 N–H and O–H groups in total. The van der Waals surface area contributed by atoms with Crippen LogP contribution in [0.2, 0.25) is 0 Å². The number of fused-ring (bicyclic) bond motifs is 1. The van der Waals surface area contributed by atoms with Gasteiger partial charge >= 0.3 is 0 Å². The summed E-state index contributed by atoms with van der Waals surface area (Å²) in [6.07, 6.45) is 6.65. The van der Waals surface area contributed by atoms with Crippen LogP contribution in [0, 0.1) is 5.82 Å². The molecule has 4 nitrogen and oxygen atoms in total. The van der Waals surface area contributed by atoms with Crippen LogP contribution in [0.4, 0.5) is 4.39 Å². The molecule has 1 aliphatic carbocycles. The van der Waals surface area contributed by atoms with E-state index in [9.17, 15) is 14.0 Å². The van der Waals surface area contributed by atoms with Crippen molar-refractivity contribution in [3.8, 4) is 0 Å². The van der Waals surface area contributed by atoms with Crippen LogP contribution in [0.15, 0.2) is 24.4 Å². The van der Waals surface area contributed by atoms with Gasteiger partial charge in [0.1, 0.15) is 5.82 Å². The number of benzene rings is 1. The molecular weight excluding hydrogens is 271 g/mol. The van der Waals surface area contributed by atoms with E-state index in [2.05, 4.69) is 10.3 Å². The molecule has 1 saturated carbocycles. The molecule has 110 valence electrons. The Morgan fingerprint density at radius 1 is 1.19 bits per heavy atom. The van der Waals surface area contributed by atoms with E-state index < -0.39 is 17.5 Å². The Kier molecular flexibility index (Phi) is 3.73. The molecule has 0 aliphatic heterocycles. The molecule has 2 aromatic rings. The molecule has 5 heteroatoms. The van der Waals surface area contributed by atoms with Crippen molar-refractivity contribution in [3.63, 3.8) is 0 Å². The van der Waals surface area contributed by atoms with E-state index in [0.29, 0.717) is 10.9 Å². The molecule has 0 atom stereocenters. The molecule has 21 heavy (non-hydrogen) atoms. The summed E-state index contributed by atoms with van der Waals surface area (Å²) < 4.78 is 13.3. The SMILES string of the molecule is O=C(NC1CCCCC1)C(=O)c1c[nH]c2ccc(F)cc12. The number of carbonyl (C=O) groups is 2. The lowest BCUT2D eigenvalue weighted by Gasteiger charge is -2.22. The minimum Gasteiger partial charge on any atom is -0.360 e. The molecule has 0 bridgehead atoms. The zero-order valence-corrected chi connectivity index (χ0v) is 11.6. The van der Waals surface area contributed by atoms with Crippen LogP contribution in [0.1, 0.15) is 42.5 Å². The fourth-order valence-corrected chi connectivity index (χ4v) is 2.90. The second-order valence-electron chi connectivity index (χ2n) is 5.53. The number of ketones is 1. The van der Waals surface area contributed by atoms with Crippen molar-refractivity contribution in [1.82, 2.24) is 10.3 Å². The van der Waals surface area contributed by atoms with Crippen LogP contribution in [0.25, 0.3) is 10.9 Å². The highest BCUT2D eigenvalue weighted by Gasteiger charge is 2.23. The summed E-state index contributed by atoms with van der Waals surface area (Å²) in [4.78, 5) is 27.2. The zero-order valence-electron chi connectivity index (χ0n) is 11.6. The number of halogens is 1. The van der Waals surface area contributed by atoms with Crippen molar-refractivity contribution < 1.29 is 14.0 Å². The molecule has 1 amide bonds. The number of carbonyl (C=O) groups excluding carboxylic acids is 2. The Labute approximate surface area is 121 Å². The van der Waals surface area contributed by atoms with E-state index in [-0.39, 0.29) is 11.6 Å². The van der Waals surface area contributed by atoms with Crippen molar-refractivity contribution >= 4 is 22.6 Å². The van der Waals surface area contributed by atoms with E-state index in [1.807, 2.05) is 0 Å². The molecule has 1 fully saturated rings. The molecule has 1 aromatic heterocycles. The fraction of sp³-hybridized carbons (Fsp3) is 0.375. The number of nitrogens with one attached hydrogen (secondary N) is 2. The summed E-state index contributed by atoms with van der Waals surface area (Å²) in [7, 11) is 0. The first-order valence-corrected chi connectivity index (χ1v) is 7.27. The highest BCUT2D eigenvalue weighted by atomic mass is 19.1. The third kappa shape index (κ3) is 2.82. The maximum Gasteiger partial charge on any atom is 0.292 e. The number of aromatic amines is 1. The Balaban J connectivity index is 1.79. The van der Waals surface area contributed by atoms with Crippen LogP contribution < -0.4 is 5.32 Å². The summed E-state index contributed by atoms with van der Waals surface area (Å²) in [5.41, 5.74) is 0.864. The van der Waals surface area contributed by atoms with Gasteiger partial charge in [0.2, 0.25) is 0 Å². The van der Waals surface area contributed by atoms with Gasteiger partial charge in [-0.05, 0) is 31.0 Å². The van der Waals surface area contributed by atoms with Crippen LogP contribution in [-0.4, -0.2) is 22.7 Å². The topological polar surface area (TPSA) is 62.0 Å². The van der Waals surface area contributed by atoms with Crippen molar-refractivity contribution in [1.29, 1.82) is 0 Å². The van der Waals surface area contributed by atoms with Gasteiger partial charge in [0, 0.05) is 23.1 Å². The molecule has 1 aromatic carbocycles. The summed E-state index contributed by atoms with van der Waals surface area (Å²) in [6.45, 7) is 0. The first-order chi connectivity index (χ1) is 10.1. The van der Waals surface area contributed by atoms with Crippen molar-refractivity contribution in [2.24, 2.45) is 0 Å². The van der Waals surface area contributed by atoms with Gasteiger partial charge in [0.25, 0.3) is 11.7 Å². The van der Waals surface area contributed by atoms with Crippen molar-refractivity contribution in [2.75, 3.05) is 0 Å². The molecular formula is C16H17FN2O2. The highest BCUT2D eigenvalue weighted by Crippen LogP contribution is 2.21. The summed E-state index contributed by atoms with van der Waals surface area (Å²) in [5.74, 6) is -1.65. The minimum absolute atomic E-state index is 0.0807. The Morgan fingerprint density at radius 2 is 1.95 bits per heavy atom. The quantitative estimate of drug-likeness (QED) is 0.674. The number of H-pyrrole nitrogens is 1. The lowest BCUT2D eigenvalue weighted by Crippen LogP contribution is -2.40. The monoisotopic (exact) mass is 288 g/mol. The summed E-state index contributed by atoms with van der Waals surface area (Å²) in [5, 5.41) is 3.23. The minimum atomic E-state index is -0.613. The van der Waals surface area contributed by atoms with Gasteiger partial charge in [-0.2, -0.15) is 0 Å². The summed E-state index contributed by atoms with van der Waals surface area (Å²) in [6, 6.07) is 4.22. The maximum atomic E-state index is 13.3. The van der Waals surface area contributed by atoms with Crippen molar-refractivity contribution in [3.05, 3.63) is 35.8 Å². The van der Waals surface area contributed by atoms with Gasteiger partial charge in [-0.15, -0.1) is 0 Å². The van der Waals surface area contributed by atoms with Crippen molar-refractivity contribution in [2.45, 2.75) is 38.1 Å².